The number of carbonyl (C=O) groups is 1. The first-order chi connectivity index (χ1) is 14.3. The first-order valence-electron chi connectivity index (χ1n) is 9.42. The van der Waals surface area contributed by atoms with Gasteiger partial charge in [0.15, 0.2) is 5.76 Å². The number of benzene rings is 2. The van der Waals surface area contributed by atoms with Gasteiger partial charge in [-0.05, 0) is 54.8 Å². The number of hydrogen-bond donors (Lipinski definition) is 2. The number of rotatable bonds is 7. The number of anilines is 2. The fourth-order valence-electron chi connectivity index (χ4n) is 2.83. The summed E-state index contributed by atoms with van der Waals surface area (Å²) < 4.78 is 33.1. The van der Waals surface area contributed by atoms with Crippen molar-refractivity contribution >= 4 is 39.5 Å². The van der Waals surface area contributed by atoms with Crippen molar-refractivity contribution in [1.82, 2.24) is 5.16 Å². The van der Waals surface area contributed by atoms with Gasteiger partial charge in [0.2, 0.25) is 5.91 Å². The van der Waals surface area contributed by atoms with Gasteiger partial charge < -0.3 is 9.84 Å². The van der Waals surface area contributed by atoms with E-state index in [1.807, 2.05) is 25.1 Å². The molecule has 0 atom stereocenters. The molecule has 1 aromatic heterocycles. The smallest absolute Gasteiger partial charge is 0.261 e. The molecule has 7 nitrogen and oxygen atoms in total. The third kappa shape index (κ3) is 5.15. The van der Waals surface area contributed by atoms with E-state index in [0.29, 0.717) is 22.8 Å². The van der Waals surface area contributed by atoms with Crippen LogP contribution in [0.15, 0.2) is 57.9 Å². The minimum absolute atomic E-state index is 0.163. The largest absolute Gasteiger partial charge is 0.354 e. The molecule has 0 spiro atoms. The van der Waals surface area contributed by atoms with E-state index < -0.39 is 10.0 Å². The molecule has 8 heteroatoms. The maximum atomic E-state index is 12.6. The summed E-state index contributed by atoms with van der Waals surface area (Å²) in [6.45, 7) is 5.15. The van der Waals surface area contributed by atoms with Crippen molar-refractivity contribution in [3.8, 4) is 0 Å². The second-order valence-electron chi connectivity index (χ2n) is 6.75. The maximum Gasteiger partial charge on any atom is 0.261 e. The molecule has 3 aromatic rings. The summed E-state index contributed by atoms with van der Waals surface area (Å²) in [7, 11) is -3.69. The van der Waals surface area contributed by atoms with E-state index in [4.69, 9.17) is 4.52 Å². The number of nitrogens with one attached hydrogen (secondary N) is 2. The van der Waals surface area contributed by atoms with Crippen LogP contribution >= 0.6 is 0 Å². The third-order valence-electron chi connectivity index (χ3n) is 4.40. The molecule has 156 valence electrons. The van der Waals surface area contributed by atoms with Gasteiger partial charge in [-0.2, -0.15) is 0 Å². The maximum absolute atomic E-state index is 12.6. The van der Waals surface area contributed by atoms with Crippen LogP contribution in [0.1, 0.15) is 36.4 Å². The second kappa shape index (κ2) is 8.96. The minimum atomic E-state index is -3.69. The average Bonchev–Trinajstić information content (AvgIpc) is 3.05. The summed E-state index contributed by atoms with van der Waals surface area (Å²) in [6, 6.07) is 13.8. The van der Waals surface area contributed by atoms with Crippen molar-refractivity contribution in [2.45, 2.75) is 32.1 Å². The quantitative estimate of drug-likeness (QED) is 0.581. The van der Waals surface area contributed by atoms with Gasteiger partial charge >= 0.3 is 0 Å². The molecule has 0 unspecified atom stereocenters. The number of hydrogen-bond acceptors (Lipinski definition) is 5. The Morgan fingerprint density at radius 1 is 1.13 bits per heavy atom. The monoisotopic (exact) mass is 425 g/mol. The summed E-state index contributed by atoms with van der Waals surface area (Å²) in [5.74, 6) is 0.194. The summed E-state index contributed by atoms with van der Waals surface area (Å²) in [5, 5.41) is 6.54. The number of sulfonamides is 1. The van der Waals surface area contributed by atoms with Gasteiger partial charge in [-0.25, -0.2) is 8.42 Å². The molecule has 0 fully saturated rings. The number of nitrogens with zero attached hydrogens (tertiary/aromatic N) is 1. The van der Waals surface area contributed by atoms with Crippen LogP contribution in [0, 0.1) is 6.92 Å². The summed E-state index contributed by atoms with van der Waals surface area (Å²) in [5.41, 5.74) is 3.44. The molecule has 1 amide bonds. The SMILES string of the molecule is CCc1cccc(NS(=O)(=O)c2ccc(/C=C\c3onc(C)c3NC(C)=O)cc2)c1. The molecule has 0 aliphatic rings. The molecule has 0 bridgehead atoms. The molecular weight excluding hydrogens is 402 g/mol. The Morgan fingerprint density at radius 2 is 1.87 bits per heavy atom. The van der Waals surface area contributed by atoms with Gasteiger partial charge in [-0.15, -0.1) is 0 Å². The molecule has 0 aliphatic heterocycles. The lowest BCUT2D eigenvalue weighted by atomic mass is 10.1. The molecule has 3 rings (SSSR count). The van der Waals surface area contributed by atoms with E-state index >= 15 is 0 Å². The molecular formula is C22H23N3O4S. The Labute approximate surface area is 175 Å². The number of aromatic nitrogens is 1. The molecule has 30 heavy (non-hydrogen) atoms. The Balaban J connectivity index is 1.76. The van der Waals surface area contributed by atoms with Gasteiger partial charge in [0.05, 0.1) is 4.90 Å². The number of aryl methyl sites for hydroxylation is 2. The van der Waals surface area contributed by atoms with E-state index in [2.05, 4.69) is 15.2 Å². The first kappa shape index (κ1) is 21.3. The van der Waals surface area contributed by atoms with Gasteiger partial charge in [-0.3, -0.25) is 9.52 Å². The average molecular weight is 426 g/mol. The van der Waals surface area contributed by atoms with Crippen molar-refractivity contribution in [1.29, 1.82) is 0 Å². The van der Waals surface area contributed by atoms with E-state index in [1.54, 1.807) is 37.3 Å². The Bertz CT molecular complexity index is 1180. The zero-order valence-corrected chi connectivity index (χ0v) is 17.8. The Morgan fingerprint density at radius 3 is 2.53 bits per heavy atom. The zero-order chi connectivity index (χ0) is 21.7. The van der Waals surface area contributed by atoms with E-state index in [9.17, 15) is 13.2 Å². The highest BCUT2D eigenvalue weighted by molar-refractivity contribution is 7.92. The van der Waals surface area contributed by atoms with Crippen LogP contribution in [-0.4, -0.2) is 19.5 Å². The molecule has 0 radical (unpaired) electrons. The van der Waals surface area contributed by atoms with Crippen LogP contribution in [0.25, 0.3) is 12.2 Å². The standard InChI is InChI=1S/C22H23N3O4S/c1-4-17-6-5-7-19(14-17)25-30(27,28)20-11-8-18(9-12-20)10-13-21-22(23-16(3)26)15(2)24-29-21/h5-14,25H,4H2,1-3H3,(H,23,26)/b13-10-. The van der Waals surface area contributed by atoms with Crippen molar-refractivity contribution in [2.24, 2.45) is 0 Å². The van der Waals surface area contributed by atoms with Crippen molar-refractivity contribution in [3.05, 3.63) is 71.1 Å². The highest BCUT2D eigenvalue weighted by Crippen LogP contribution is 2.23. The van der Waals surface area contributed by atoms with Crippen LogP contribution in [0.5, 0.6) is 0 Å². The van der Waals surface area contributed by atoms with Gasteiger partial charge in [0.1, 0.15) is 11.4 Å². The fraction of sp³-hybridized carbons (Fsp3) is 0.182. The number of amides is 1. The zero-order valence-electron chi connectivity index (χ0n) is 17.0. The van der Waals surface area contributed by atoms with Crippen LogP contribution < -0.4 is 10.0 Å². The normalized spacial score (nSPS) is 11.6. The van der Waals surface area contributed by atoms with E-state index in [0.717, 1.165) is 17.5 Å². The molecule has 1 heterocycles. The Hall–Kier alpha value is -3.39. The summed E-state index contributed by atoms with van der Waals surface area (Å²) in [6.07, 6.45) is 4.24. The first-order valence-corrected chi connectivity index (χ1v) is 10.9. The minimum Gasteiger partial charge on any atom is -0.354 e. The van der Waals surface area contributed by atoms with Crippen molar-refractivity contribution in [2.75, 3.05) is 10.0 Å². The Kier molecular flexibility index (Phi) is 6.37. The van der Waals surface area contributed by atoms with Gasteiger partial charge in [-0.1, -0.05) is 42.4 Å². The highest BCUT2D eigenvalue weighted by Gasteiger charge is 2.14. The predicted molar refractivity (Wildman–Crippen MR) is 118 cm³/mol. The third-order valence-corrected chi connectivity index (χ3v) is 5.79. The van der Waals surface area contributed by atoms with Crippen LogP contribution in [0.4, 0.5) is 11.4 Å². The molecule has 0 aliphatic carbocycles. The summed E-state index contributed by atoms with van der Waals surface area (Å²) in [4.78, 5) is 11.5. The number of carbonyl (C=O) groups excluding carboxylic acids is 1. The lowest BCUT2D eigenvalue weighted by Crippen LogP contribution is -2.13. The van der Waals surface area contributed by atoms with E-state index in [-0.39, 0.29) is 10.8 Å². The van der Waals surface area contributed by atoms with Crippen LogP contribution in [0.2, 0.25) is 0 Å². The van der Waals surface area contributed by atoms with Crippen molar-refractivity contribution in [3.63, 3.8) is 0 Å². The van der Waals surface area contributed by atoms with Crippen LogP contribution in [-0.2, 0) is 21.2 Å². The van der Waals surface area contributed by atoms with Gasteiger partial charge in [0.25, 0.3) is 10.0 Å². The second-order valence-corrected chi connectivity index (χ2v) is 8.43. The molecule has 0 saturated carbocycles. The van der Waals surface area contributed by atoms with Crippen molar-refractivity contribution < 1.29 is 17.7 Å². The topological polar surface area (TPSA) is 101 Å². The fourth-order valence-corrected chi connectivity index (χ4v) is 3.88. The molecule has 2 aromatic carbocycles. The highest BCUT2D eigenvalue weighted by atomic mass is 32.2. The summed E-state index contributed by atoms with van der Waals surface area (Å²) >= 11 is 0. The van der Waals surface area contributed by atoms with Crippen LogP contribution in [0.3, 0.4) is 0 Å². The lowest BCUT2D eigenvalue weighted by molar-refractivity contribution is -0.114. The molecule has 0 saturated heterocycles. The van der Waals surface area contributed by atoms with E-state index in [1.165, 1.54) is 19.1 Å². The lowest BCUT2D eigenvalue weighted by Gasteiger charge is -2.09. The molecule has 2 N–H and O–H groups in total. The predicted octanol–water partition coefficient (Wildman–Crippen LogP) is 4.48. The van der Waals surface area contributed by atoms with Gasteiger partial charge in [0, 0.05) is 12.6 Å².